The number of amides is 3. The topological polar surface area (TPSA) is 83.1 Å². The monoisotopic (exact) mass is 430 g/mol. The lowest BCUT2D eigenvalue weighted by Gasteiger charge is -2.11. The van der Waals surface area contributed by atoms with Gasteiger partial charge in [-0.05, 0) is 60.5 Å². The molecule has 2 aromatic carbocycles. The average Bonchev–Trinajstić information content (AvgIpc) is 2.80. The number of nitrogens with zero attached hydrogens (tertiary/aromatic N) is 1. The molecule has 1 aromatic heterocycles. The van der Waals surface area contributed by atoms with E-state index in [2.05, 4.69) is 32.8 Å². The van der Waals surface area contributed by atoms with E-state index in [-0.39, 0.29) is 17.8 Å². The third-order valence-electron chi connectivity index (χ3n) is 4.48. The van der Waals surface area contributed by atoms with Crippen molar-refractivity contribution in [1.29, 1.82) is 0 Å². The van der Waals surface area contributed by atoms with Crippen molar-refractivity contribution in [2.45, 2.75) is 19.8 Å². The van der Waals surface area contributed by atoms with Gasteiger partial charge >= 0.3 is 6.03 Å². The van der Waals surface area contributed by atoms with Crippen LogP contribution in [0.4, 0.5) is 20.6 Å². The number of carbonyl (C=O) groups excluding carboxylic acids is 2. The van der Waals surface area contributed by atoms with Crippen molar-refractivity contribution in [3.8, 4) is 11.8 Å². The van der Waals surface area contributed by atoms with Gasteiger partial charge in [0.25, 0.3) is 0 Å². The lowest BCUT2D eigenvalue weighted by Crippen LogP contribution is -2.30. The molecule has 3 rings (SSSR count). The molecule has 0 spiro atoms. The Hall–Kier alpha value is -4.18. The molecule has 0 saturated carbocycles. The van der Waals surface area contributed by atoms with E-state index in [4.69, 9.17) is 0 Å². The third-order valence-corrected chi connectivity index (χ3v) is 4.48. The average molecular weight is 430 g/mol. The second-order valence-corrected chi connectivity index (χ2v) is 6.91. The van der Waals surface area contributed by atoms with Gasteiger partial charge < -0.3 is 16.0 Å². The van der Waals surface area contributed by atoms with Crippen molar-refractivity contribution in [3.05, 3.63) is 89.5 Å². The highest BCUT2D eigenvalue weighted by Crippen LogP contribution is 2.20. The van der Waals surface area contributed by atoms with E-state index in [0.717, 1.165) is 5.56 Å². The third kappa shape index (κ3) is 6.96. The van der Waals surface area contributed by atoms with Gasteiger partial charge in [0.05, 0.1) is 11.3 Å². The number of pyridine rings is 1. The summed E-state index contributed by atoms with van der Waals surface area (Å²) in [4.78, 5) is 28.2. The van der Waals surface area contributed by atoms with Crippen molar-refractivity contribution < 1.29 is 14.0 Å². The molecule has 0 bridgehead atoms. The first-order valence-electron chi connectivity index (χ1n) is 10.2. The number of rotatable bonds is 6. The first-order valence-corrected chi connectivity index (χ1v) is 10.2. The molecule has 0 aliphatic carbocycles. The molecule has 0 unspecified atom stereocenters. The molecule has 0 saturated heterocycles. The molecule has 3 aromatic rings. The van der Waals surface area contributed by atoms with Gasteiger partial charge in [-0.25, -0.2) is 9.18 Å². The zero-order valence-corrected chi connectivity index (χ0v) is 17.6. The summed E-state index contributed by atoms with van der Waals surface area (Å²) in [6.07, 6.45) is 4.45. The number of benzene rings is 2. The van der Waals surface area contributed by atoms with Crippen molar-refractivity contribution in [2.75, 3.05) is 17.2 Å². The van der Waals surface area contributed by atoms with Crippen molar-refractivity contribution in [3.63, 3.8) is 0 Å². The molecule has 32 heavy (non-hydrogen) atoms. The predicted octanol–water partition coefficient (Wildman–Crippen LogP) is 4.33. The van der Waals surface area contributed by atoms with E-state index in [1.807, 2.05) is 12.1 Å². The van der Waals surface area contributed by atoms with Gasteiger partial charge in [0.15, 0.2) is 0 Å². The van der Waals surface area contributed by atoms with Crippen LogP contribution in [0.3, 0.4) is 0 Å². The summed E-state index contributed by atoms with van der Waals surface area (Å²) in [6.45, 7) is 2.21. The van der Waals surface area contributed by atoms with Crippen molar-refractivity contribution in [2.24, 2.45) is 0 Å². The van der Waals surface area contributed by atoms with Gasteiger partial charge in [-0.2, -0.15) is 0 Å². The van der Waals surface area contributed by atoms with Crippen molar-refractivity contribution in [1.82, 2.24) is 10.3 Å². The first kappa shape index (κ1) is 22.5. The summed E-state index contributed by atoms with van der Waals surface area (Å²) in [5, 5.41) is 8.37. The highest BCUT2D eigenvalue weighted by Gasteiger charge is 2.08. The standard InChI is InChI=1S/C25H23FN4O2/c1-2-24(31)30-23-12-11-22(16-20(23)8-5-18-6-9-21(26)10-7-18)29-25(32)28-15-13-19-4-3-14-27-17-19/h3-4,6-7,9-12,14,16-17H,2,13,15H2,1H3,(H,30,31)(H2,28,29,32). The largest absolute Gasteiger partial charge is 0.338 e. The fraction of sp³-hybridized carbons (Fsp3) is 0.160. The van der Waals surface area contributed by atoms with E-state index >= 15 is 0 Å². The quantitative estimate of drug-likeness (QED) is 0.509. The van der Waals surface area contributed by atoms with Crippen LogP contribution >= 0.6 is 0 Å². The Labute approximate surface area is 186 Å². The van der Waals surface area contributed by atoms with E-state index in [9.17, 15) is 14.0 Å². The van der Waals surface area contributed by atoms with Gasteiger partial charge in [0.2, 0.25) is 5.91 Å². The van der Waals surface area contributed by atoms with Crippen LogP contribution in [-0.2, 0) is 11.2 Å². The van der Waals surface area contributed by atoms with Crippen molar-refractivity contribution >= 4 is 23.3 Å². The van der Waals surface area contributed by atoms with Crippen LogP contribution in [0, 0.1) is 17.7 Å². The Bertz CT molecular complexity index is 1140. The van der Waals surface area contributed by atoms with E-state index < -0.39 is 0 Å². The SMILES string of the molecule is CCC(=O)Nc1ccc(NC(=O)NCCc2cccnc2)cc1C#Cc1ccc(F)cc1. The van der Waals surface area contributed by atoms with E-state index in [0.29, 0.717) is 41.9 Å². The van der Waals surface area contributed by atoms with Gasteiger partial charge in [-0.15, -0.1) is 0 Å². The highest BCUT2D eigenvalue weighted by molar-refractivity contribution is 5.94. The number of carbonyl (C=O) groups is 2. The van der Waals surface area contributed by atoms with Crippen LogP contribution in [0.5, 0.6) is 0 Å². The molecule has 162 valence electrons. The summed E-state index contributed by atoms with van der Waals surface area (Å²) < 4.78 is 13.1. The number of aromatic nitrogens is 1. The number of halogens is 1. The number of urea groups is 1. The molecule has 0 radical (unpaired) electrons. The van der Waals surface area contributed by atoms with E-state index in [1.165, 1.54) is 12.1 Å². The molecule has 0 atom stereocenters. The van der Waals surface area contributed by atoms with Crippen LogP contribution in [0.15, 0.2) is 67.0 Å². The van der Waals surface area contributed by atoms with Gasteiger partial charge in [0.1, 0.15) is 5.82 Å². The molecule has 7 heteroatoms. The smallest absolute Gasteiger partial charge is 0.319 e. The molecular weight excluding hydrogens is 407 g/mol. The lowest BCUT2D eigenvalue weighted by atomic mass is 10.1. The van der Waals surface area contributed by atoms with Crippen LogP contribution in [-0.4, -0.2) is 23.5 Å². The summed E-state index contributed by atoms with van der Waals surface area (Å²) in [5.74, 6) is 5.45. The minimum Gasteiger partial charge on any atom is -0.338 e. The molecule has 6 nitrogen and oxygen atoms in total. The lowest BCUT2D eigenvalue weighted by molar-refractivity contribution is -0.115. The predicted molar refractivity (Wildman–Crippen MR) is 123 cm³/mol. The zero-order chi connectivity index (χ0) is 22.8. The van der Waals surface area contributed by atoms with Crippen LogP contribution in [0.1, 0.15) is 30.0 Å². The van der Waals surface area contributed by atoms with Gasteiger partial charge in [0, 0.05) is 36.6 Å². The maximum absolute atomic E-state index is 13.1. The Morgan fingerprint density at radius 1 is 1.03 bits per heavy atom. The fourth-order valence-corrected chi connectivity index (χ4v) is 2.79. The number of anilines is 2. The van der Waals surface area contributed by atoms with Gasteiger partial charge in [-0.1, -0.05) is 24.8 Å². The fourth-order valence-electron chi connectivity index (χ4n) is 2.79. The maximum Gasteiger partial charge on any atom is 0.319 e. The Morgan fingerprint density at radius 3 is 2.56 bits per heavy atom. The zero-order valence-electron chi connectivity index (χ0n) is 17.6. The Morgan fingerprint density at radius 2 is 1.84 bits per heavy atom. The summed E-state index contributed by atoms with van der Waals surface area (Å²) in [5.41, 5.74) is 3.26. The number of nitrogens with one attached hydrogen (secondary N) is 3. The first-order chi connectivity index (χ1) is 15.5. The normalized spacial score (nSPS) is 9.94. The summed E-state index contributed by atoms with van der Waals surface area (Å²) in [7, 11) is 0. The molecule has 1 heterocycles. The molecular formula is C25H23FN4O2. The van der Waals surface area contributed by atoms with Crippen LogP contribution < -0.4 is 16.0 Å². The second-order valence-electron chi connectivity index (χ2n) is 6.91. The number of hydrogen-bond donors (Lipinski definition) is 3. The molecule has 0 fully saturated rings. The van der Waals surface area contributed by atoms with Crippen LogP contribution in [0.25, 0.3) is 0 Å². The highest BCUT2D eigenvalue weighted by atomic mass is 19.1. The Kier molecular flexibility index (Phi) is 7.93. The minimum atomic E-state index is -0.350. The molecule has 0 aliphatic rings. The maximum atomic E-state index is 13.1. The van der Waals surface area contributed by atoms with Crippen LogP contribution in [0.2, 0.25) is 0 Å². The van der Waals surface area contributed by atoms with Gasteiger partial charge in [-0.3, -0.25) is 9.78 Å². The molecule has 3 amide bonds. The Balaban J connectivity index is 1.70. The summed E-state index contributed by atoms with van der Waals surface area (Å²) >= 11 is 0. The second kappa shape index (κ2) is 11.3. The molecule has 3 N–H and O–H groups in total. The van der Waals surface area contributed by atoms with E-state index in [1.54, 1.807) is 49.6 Å². The summed E-state index contributed by atoms with van der Waals surface area (Å²) in [6, 6.07) is 14.3. The molecule has 0 aliphatic heterocycles. The number of hydrogen-bond acceptors (Lipinski definition) is 3. The minimum absolute atomic E-state index is 0.149.